The fraction of sp³-hybridized carbons (Fsp3) is 0.429. The maximum Gasteiger partial charge on any atom is 0.0944 e. The molecule has 2 rings (SSSR count). The van der Waals surface area contributed by atoms with Crippen LogP contribution in [0.15, 0.2) is 36.4 Å². The zero-order valence-corrected chi connectivity index (χ0v) is 15.3. The Labute approximate surface area is 146 Å². The number of aliphatic hydroxyl groups is 1. The molecule has 2 atom stereocenters. The molecule has 0 aromatic heterocycles. The van der Waals surface area contributed by atoms with E-state index in [2.05, 4.69) is 47.8 Å². The van der Waals surface area contributed by atoms with Crippen LogP contribution < -0.4 is 10.6 Å². The average molecular weight is 326 g/mol. The lowest BCUT2D eigenvalue weighted by atomic mass is 9.91. The van der Waals surface area contributed by atoms with Crippen molar-refractivity contribution in [2.24, 2.45) is 0 Å². The van der Waals surface area contributed by atoms with Gasteiger partial charge in [-0.2, -0.15) is 0 Å². The molecule has 0 saturated carbocycles. The maximum atomic E-state index is 10.7. The lowest BCUT2D eigenvalue weighted by Gasteiger charge is -2.27. The summed E-state index contributed by atoms with van der Waals surface area (Å²) in [7, 11) is 0. The Morgan fingerprint density at radius 1 is 1.42 bits per heavy atom. The Balaban J connectivity index is 0.00000139. The standard InChI is InChI=1S/C19H24N2O.C2H6/c1-4-5-6-7-11-20-15(3)19(22)16-10-12-21-18-9-8-14(2)13-17(16)18;1-2/h1,5-6,8-10,13,15,19-22H,7,11-12H2,2-3H3;1-2H3/b6-5+;. The van der Waals surface area contributed by atoms with E-state index in [0.29, 0.717) is 0 Å². The molecule has 0 saturated heterocycles. The van der Waals surface area contributed by atoms with Crippen molar-refractivity contribution in [3.8, 4) is 12.3 Å². The molecule has 24 heavy (non-hydrogen) atoms. The van der Waals surface area contributed by atoms with Crippen LogP contribution in [0, 0.1) is 19.3 Å². The van der Waals surface area contributed by atoms with Crippen LogP contribution in [0.25, 0.3) is 5.57 Å². The highest BCUT2D eigenvalue weighted by Gasteiger charge is 2.23. The number of hydrogen-bond donors (Lipinski definition) is 3. The van der Waals surface area contributed by atoms with Crippen molar-refractivity contribution in [3.05, 3.63) is 47.6 Å². The van der Waals surface area contributed by atoms with E-state index < -0.39 is 6.10 Å². The van der Waals surface area contributed by atoms with Gasteiger partial charge in [0, 0.05) is 23.8 Å². The van der Waals surface area contributed by atoms with Crippen LogP contribution in [0.1, 0.15) is 38.3 Å². The van der Waals surface area contributed by atoms with E-state index in [-0.39, 0.29) is 6.04 Å². The van der Waals surface area contributed by atoms with E-state index in [9.17, 15) is 5.11 Å². The first-order valence-electron chi connectivity index (χ1n) is 8.71. The third kappa shape index (κ3) is 5.56. The van der Waals surface area contributed by atoms with Gasteiger partial charge in [-0.25, -0.2) is 0 Å². The first-order chi connectivity index (χ1) is 11.6. The minimum Gasteiger partial charge on any atom is -0.387 e. The summed E-state index contributed by atoms with van der Waals surface area (Å²) in [5.74, 6) is 2.47. The van der Waals surface area contributed by atoms with Crippen molar-refractivity contribution in [1.82, 2.24) is 5.32 Å². The van der Waals surface area contributed by atoms with Crippen molar-refractivity contribution in [3.63, 3.8) is 0 Å². The maximum absolute atomic E-state index is 10.7. The molecule has 0 bridgehead atoms. The third-order valence-electron chi connectivity index (χ3n) is 3.88. The second-order valence-corrected chi connectivity index (χ2v) is 5.63. The fourth-order valence-corrected chi connectivity index (χ4v) is 2.64. The number of benzene rings is 1. The molecule has 0 amide bonds. The topological polar surface area (TPSA) is 44.3 Å². The number of aryl methyl sites for hydroxylation is 1. The number of terminal acetylenes is 1. The molecule has 1 aliphatic rings. The van der Waals surface area contributed by atoms with Crippen LogP contribution in [0.3, 0.4) is 0 Å². The molecule has 1 aromatic rings. The van der Waals surface area contributed by atoms with Crippen LogP contribution >= 0.6 is 0 Å². The molecule has 0 spiro atoms. The SMILES string of the molecule is C#C/C=C/CCNC(C)C(O)C1=CCNc2ccc(C)cc21.CC. The van der Waals surface area contributed by atoms with Gasteiger partial charge in [0.25, 0.3) is 0 Å². The van der Waals surface area contributed by atoms with E-state index >= 15 is 0 Å². The molecule has 1 aromatic carbocycles. The van der Waals surface area contributed by atoms with Gasteiger partial charge in [0.2, 0.25) is 0 Å². The molecule has 0 aliphatic carbocycles. The van der Waals surface area contributed by atoms with Gasteiger partial charge in [0.05, 0.1) is 6.10 Å². The Hall–Kier alpha value is -2.02. The van der Waals surface area contributed by atoms with E-state index in [1.54, 1.807) is 6.08 Å². The van der Waals surface area contributed by atoms with Gasteiger partial charge in [0.1, 0.15) is 0 Å². The summed E-state index contributed by atoms with van der Waals surface area (Å²) < 4.78 is 0. The summed E-state index contributed by atoms with van der Waals surface area (Å²) in [6, 6.07) is 6.27. The zero-order valence-electron chi connectivity index (χ0n) is 15.3. The molecule has 3 N–H and O–H groups in total. The Bertz CT molecular complexity index is 611. The summed E-state index contributed by atoms with van der Waals surface area (Å²) >= 11 is 0. The van der Waals surface area contributed by atoms with Crippen LogP contribution in [0.4, 0.5) is 5.69 Å². The summed E-state index contributed by atoms with van der Waals surface area (Å²) in [5.41, 5.74) is 4.38. The van der Waals surface area contributed by atoms with Gasteiger partial charge in [-0.05, 0) is 50.6 Å². The molecule has 3 heteroatoms. The van der Waals surface area contributed by atoms with Gasteiger partial charge >= 0.3 is 0 Å². The van der Waals surface area contributed by atoms with E-state index in [1.165, 1.54) is 5.56 Å². The molecule has 2 unspecified atom stereocenters. The first kappa shape index (κ1) is 20.0. The smallest absolute Gasteiger partial charge is 0.0944 e. The molecule has 130 valence electrons. The van der Waals surface area contributed by atoms with Crippen molar-refractivity contribution in [2.75, 3.05) is 18.4 Å². The van der Waals surface area contributed by atoms with E-state index in [0.717, 1.165) is 36.3 Å². The normalized spacial score (nSPS) is 15.2. The number of aliphatic hydroxyl groups excluding tert-OH is 1. The highest BCUT2D eigenvalue weighted by atomic mass is 16.3. The predicted molar refractivity (Wildman–Crippen MR) is 105 cm³/mol. The van der Waals surface area contributed by atoms with Crippen molar-refractivity contribution in [2.45, 2.75) is 46.3 Å². The highest BCUT2D eigenvalue weighted by Crippen LogP contribution is 2.31. The summed E-state index contributed by atoms with van der Waals surface area (Å²) in [6.45, 7) is 9.62. The Morgan fingerprint density at radius 3 is 2.88 bits per heavy atom. The number of rotatable bonds is 6. The van der Waals surface area contributed by atoms with Crippen LogP contribution in [0.5, 0.6) is 0 Å². The number of fused-ring (bicyclic) bond motifs is 1. The van der Waals surface area contributed by atoms with Gasteiger partial charge in [-0.3, -0.25) is 0 Å². The monoisotopic (exact) mass is 326 g/mol. The van der Waals surface area contributed by atoms with E-state index in [1.807, 2.05) is 26.8 Å². The largest absolute Gasteiger partial charge is 0.387 e. The predicted octanol–water partition coefficient (Wildman–Crippen LogP) is 3.75. The van der Waals surface area contributed by atoms with Crippen molar-refractivity contribution < 1.29 is 5.11 Å². The van der Waals surface area contributed by atoms with E-state index in [4.69, 9.17) is 6.42 Å². The summed E-state index contributed by atoms with van der Waals surface area (Å²) in [5, 5.41) is 17.4. The number of allylic oxidation sites excluding steroid dienone is 1. The molecule has 0 fully saturated rings. The molecule has 1 heterocycles. The highest BCUT2D eigenvalue weighted by molar-refractivity contribution is 5.82. The zero-order chi connectivity index (χ0) is 17.9. The first-order valence-corrected chi connectivity index (χ1v) is 8.71. The average Bonchev–Trinajstić information content (AvgIpc) is 2.62. The Kier molecular flexibility index (Phi) is 8.93. The van der Waals surface area contributed by atoms with Crippen molar-refractivity contribution >= 4 is 11.3 Å². The minimum atomic E-state index is -0.528. The van der Waals surface area contributed by atoms with Crippen LogP contribution in [0.2, 0.25) is 0 Å². The van der Waals surface area contributed by atoms with Gasteiger partial charge in [0.15, 0.2) is 0 Å². The molecular weight excluding hydrogens is 296 g/mol. The summed E-state index contributed by atoms with van der Waals surface area (Å²) in [6.07, 6.45) is 11.2. The second-order valence-electron chi connectivity index (χ2n) is 5.63. The third-order valence-corrected chi connectivity index (χ3v) is 3.88. The molecule has 1 aliphatic heterocycles. The molecule has 3 nitrogen and oxygen atoms in total. The van der Waals surface area contributed by atoms with Gasteiger partial charge in [-0.1, -0.05) is 43.5 Å². The van der Waals surface area contributed by atoms with Gasteiger partial charge in [-0.15, -0.1) is 6.42 Å². The number of anilines is 1. The molecular formula is C21H30N2O. The number of hydrogen-bond acceptors (Lipinski definition) is 3. The Morgan fingerprint density at radius 2 is 2.17 bits per heavy atom. The molecule has 0 radical (unpaired) electrons. The quantitative estimate of drug-likeness (QED) is 0.551. The summed E-state index contributed by atoms with van der Waals surface area (Å²) in [4.78, 5) is 0. The van der Waals surface area contributed by atoms with Gasteiger partial charge < -0.3 is 15.7 Å². The van der Waals surface area contributed by atoms with Crippen molar-refractivity contribution in [1.29, 1.82) is 0 Å². The lowest BCUT2D eigenvalue weighted by molar-refractivity contribution is 0.188. The second kappa shape index (κ2) is 10.7. The van der Waals surface area contributed by atoms with Crippen LogP contribution in [-0.2, 0) is 0 Å². The number of nitrogens with one attached hydrogen (secondary N) is 2. The lowest BCUT2D eigenvalue weighted by Crippen LogP contribution is -2.39. The van der Waals surface area contributed by atoms with Crippen LogP contribution in [-0.4, -0.2) is 30.3 Å². The fourth-order valence-electron chi connectivity index (χ4n) is 2.64. The minimum absolute atomic E-state index is 0.0167.